The van der Waals surface area contributed by atoms with Crippen molar-refractivity contribution in [2.75, 3.05) is 26.0 Å². The summed E-state index contributed by atoms with van der Waals surface area (Å²) < 4.78 is 32.4. The Bertz CT molecular complexity index is 1140. The summed E-state index contributed by atoms with van der Waals surface area (Å²) in [6.45, 7) is 1.20. The van der Waals surface area contributed by atoms with Gasteiger partial charge in [0, 0.05) is 23.5 Å². The molecule has 1 unspecified atom stereocenters. The molecule has 0 saturated carbocycles. The molecule has 9 heteroatoms. The van der Waals surface area contributed by atoms with Gasteiger partial charge in [-0.2, -0.15) is 0 Å². The minimum Gasteiger partial charge on any atom is -0.370 e. The average Bonchev–Trinajstić information content (AvgIpc) is 3.08. The van der Waals surface area contributed by atoms with Gasteiger partial charge in [-0.3, -0.25) is 9.20 Å². The third kappa shape index (κ3) is 3.57. The number of fused-ring (bicyclic) bond motifs is 1. The molecule has 4 rings (SSSR count). The van der Waals surface area contributed by atoms with Gasteiger partial charge >= 0.3 is 0 Å². The van der Waals surface area contributed by atoms with Gasteiger partial charge in [0.1, 0.15) is 6.10 Å². The first-order valence-electron chi connectivity index (χ1n) is 8.68. The maximum atomic E-state index is 13.2. The molecule has 1 aliphatic rings. The molecule has 0 radical (unpaired) electrons. The third-order valence-corrected chi connectivity index (χ3v) is 6.13. The lowest BCUT2D eigenvalue weighted by atomic mass is 10.1. The predicted octanol–water partition coefficient (Wildman–Crippen LogP) is 2.71. The summed E-state index contributed by atoms with van der Waals surface area (Å²) in [5.41, 5.74) is 1.59. The molecule has 3 heterocycles. The Morgan fingerprint density at radius 2 is 1.96 bits per heavy atom. The van der Waals surface area contributed by atoms with Gasteiger partial charge in [0.15, 0.2) is 5.69 Å². The Morgan fingerprint density at radius 3 is 2.68 bits per heavy atom. The van der Waals surface area contributed by atoms with Crippen molar-refractivity contribution in [3.8, 4) is 0 Å². The molecule has 7 nitrogen and oxygen atoms in total. The second-order valence-corrected chi connectivity index (χ2v) is 9.46. The number of amides is 1. The highest BCUT2D eigenvalue weighted by Crippen LogP contribution is 2.26. The molecule has 1 atom stereocenters. The van der Waals surface area contributed by atoms with E-state index >= 15 is 0 Å². The molecule has 1 aromatic carbocycles. The summed E-state index contributed by atoms with van der Waals surface area (Å²) in [4.78, 5) is 19.0. The lowest BCUT2D eigenvalue weighted by Gasteiger charge is -2.33. The maximum absolute atomic E-state index is 13.2. The zero-order valence-electron chi connectivity index (χ0n) is 15.1. The highest BCUT2D eigenvalue weighted by atomic mass is 79.9. The van der Waals surface area contributed by atoms with Crippen molar-refractivity contribution >= 4 is 37.2 Å². The molecular formula is C19H18BrN3O4S. The number of nitrogens with zero attached hydrogens (tertiary/aromatic N) is 3. The van der Waals surface area contributed by atoms with Crippen LogP contribution in [0.25, 0.3) is 5.52 Å². The molecule has 146 valence electrons. The highest BCUT2D eigenvalue weighted by molar-refractivity contribution is 9.10. The van der Waals surface area contributed by atoms with Crippen molar-refractivity contribution in [2.45, 2.75) is 11.3 Å². The molecule has 28 heavy (non-hydrogen) atoms. The van der Waals surface area contributed by atoms with Gasteiger partial charge in [-0.15, -0.1) is 0 Å². The SMILES string of the molecule is CS(=O)(=O)c1nc(C(=O)N2CCOC(c3ccc(Br)cc3)C2)c2ccccn12. The van der Waals surface area contributed by atoms with Gasteiger partial charge in [0.2, 0.25) is 15.0 Å². The smallest absolute Gasteiger partial charge is 0.274 e. The van der Waals surface area contributed by atoms with Crippen LogP contribution in [0.3, 0.4) is 0 Å². The maximum Gasteiger partial charge on any atom is 0.274 e. The minimum atomic E-state index is -3.58. The topological polar surface area (TPSA) is 81.0 Å². The fourth-order valence-electron chi connectivity index (χ4n) is 3.29. The van der Waals surface area contributed by atoms with Crippen LogP contribution in [-0.4, -0.2) is 54.6 Å². The van der Waals surface area contributed by atoms with Crippen LogP contribution in [0.2, 0.25) is 0 Å². The van der Waals surface area contributed by atoms with Gasteiger partial charge in [-0.1, -0.05) is 34.1 Å². The Morgan fingerprint density at radius 1 is 1.21 bits per heavy atom. The van der Waals surface area contributed by atoms with E-state index in [1.54, 1.807) is 29.3 Å². The predicted molar refractivity (Wildman–Crippen MR) is 107 cm³/mol. The van der Waals surface area contributed by atoms with E-state index in [0.717, 1.165) is 16.3 Å². The number of rotatable bonds is 3. The van der Waals surface area contributed by atoms with Crippen molar-refractivity contribution < 1.29 is 17.9 Å². The van der Waals surface area contributed by atoms with Crippen LogP contribution in [0, 0.1) is 0 Å². The van der Waals surface area contributed by atoms with Crippen molar-refractivity contribution in [1.29, 1.82) is 0 Å². The van der Waals surface area contributed by atoms with Gasteiger partial charge in [-0.05, 0) is 29.8 Å². The fraction of sp³-hybridized carbons (Fsp3) is 0.263. The zero-order chi connectivity index (χ0) is 19.9. The molecule has 0 spiro atoms. The number of imidazole rings is 1. The van der Waals surface area contributed by atoms with E-state index in [4.69, 9.17) is 4.74 Å². The van der Waals surface area contributed by atoms with Crippen LogP contribution in [0.1, 0.15) is 22.2 Å². The fourth-order valence-corrected chi connectivity index (χ4v) is 4.33. The van der Waals surface area contributed by atoms with Gasteiger partial charge in [-0.25, -0.2) is 13.4 Å². The van der Waals surface area contributed by atoms with Crippen molar-refractivity contribution in [3.63, 3.8) is 0 Å². The zero-order valence-corrected chi connectivity index (χ0v) is 17.5. The number of carbonyl (C=O) groups is 1. The standard InChI is InChI=1S/C19H18BrN3O4S/c1-28(25,26)19-21-17(15-4-2-3-9-23(15)19)18(24)22-10-11-27-16(12-22)13-5-7-14(20)8-6-13/h2-9,16H,10-12H2,1H3. The molecule has 1 aliphatic heterocycles. The number of hydrogen-bond donors (Lipinski definition) is 0. The van der Waals surface area contributed by atoms with E-state index in [0.29, 0.717) is 25.2 Å². The number of sulfone groups is 1. The summed E-state index contributed by atoms with van der Waals surface area (Å²) in [6, 6.07) is 12.9. The van der Waals surface area contributed by atoms with Crippen LogP contribution in [-0.2, 0) is 14.6 Å². The molecule has 1 amide bonds. The second kappa shape index (κ2) is 7.31. The van der Waals surface area contributed by atoms with E-state index < -0.39 is 9.84 Å². The number of aromatic nitrogens is 2. The Kier molecular flexibility index (Phi) is 4.98. The number of halogens is 1. The number of ether oxygens (including phenoxy) is 1. The first-order chi connectivity index (χ1) is 13.3. The number of hydrogen-bond acceptors (Lipinski definition) is 5. The molecule has 3 aromatic rings. The van der Waals surface area contributed by atoms with Gasteiger partial charge in [0.25, 0.3) is 5.91 Å². The van der Waals surface area contributed by atoms with E-state index in [-0.39, 0.29) is 22.9 Å². The van der Waals surface area contributed by atoms with E-state index in [1.807, 2.05) is 24.3 Å². The summed E-state index contributed by atoms with van der Waals surface area (Å²) >= 11 is 3.41. The average molecular weight is 464 g/mol. The first-order valence-corrected chi connectivity index (χ1v) is 11.4. The highest BCUT2D eigenvalue weighted by Gasteiger charge is 2.30. The van der Waals surface area contributed by atoms with Gasteiger partial charge in [0.05, 0.1) is 18.7 Å². The van der Waals surface area contributed by atoms with Crippen LogP contribution < -0.4 is 0 Å². The number of pyridine rings is 1. The van der Waals surface area contributed by atoms with Crippen molar-refractivity contribution in [3.05, 3.63) is 64.4 Å². The molecule has 2 aromatic heterocycles. The molecule has 0 bridgehead atoms. The summed E-state index contributed by atoms with van der Waals surface area (Å²) in [5, 5.41) is -0.135. The summed E-state index contributed by atoms with van der Waals surface area (Å²) in [7, 11) is -3.58. The molecule has 0 aliphatic carbocycles. The minimum absolute atomic E-state index is 0.135. The van der Waals surface area contributed by atoms with Crippen LogP contribution in [0.4, 0.5) is 0 Å². The quantitative estimate of drug-likeness (QED) is 0.596. The monoisotopic (exact) mass is 463 g/mol. The molecule has 0 N–H and O–H groups in total. The van der Waals surface area contributed by atoms with E-state index in [9.17, 15) is 13.2 Å². The molecule has 1 fully saturated rings. The lowest BCUT2D eigenvalue weighted by molar-refractivity contribution is -0.0229. The summed E-state index contributed by atoms with van der Waals surface area (Å²) in [6.07, 6.45) is 2.44. The third-order valence-electron chi connectivity index (χ3n) is 4.65. The lowest BCUT2D eigenvalue weighted by Crippen LogP contribution is -2.42. The first kappa shape index (κ1) is 19.1. The van der Waals surface area contributed by atoms with E-state index in [1.165, 1.54) is 4.40 Å². The van der Waals surface area contributed by atoms with Crippen LogP contribution in [0.5, 0.6) is 0 Å². The largest absolute Gasteiger partial charge is 0.370 e. The van der Waals surface area contributed by atoms with Crippen LogP contribution >= 0.6 is 15.9 Å². The number of benzene rings is 1. The van der Waals surface area contributed by atoms with Crippen molar-refractivity contribution in [2.24, 2.45) is 0 Å². The van der Waals surface area contributed by atoms with Gasteiger partial charge < -0.3 is 9.64 Å². The van der Waals surface area contributed by atoms with Crippen LogP contribution in [0.15, 0.2) is 58.3 Å². The normalized spacial score (nSPS) is 17.8. The van der Waals surface area contributed by atoms with E-state index in [2.05, 4.69) is 20.9 Å². The Balaban J connectivity index is 1.67. The van der Waals surface area contributed by atoms with Crippen molar-refractivity contribution in [1.82, 2.24) is 14.3 Å². The number of carbonyl (C=O) groups excluding carboxylic acids is 1. The second-order valence-electron chi connectivity index (χ2n) is 6.63. The molecule has 1 saturated heterocycles. The number of morpholine rings is 1. The summed E-state index contributed by atoms with van der Waals surface area (Å²) in [5.74, 6) is -0.302. The molecular weight excluding hydrogens is 446 g/mol. The Labute approximate surface area is 171 Å². The Hall–Kier alpha value is -2.23.